The Morgan fingerprint density at radius 2 is 1.73 bits per heavy atom. The summed E-state index contributed by atoms with van der Waals surface area (Å²) in [4.78, 5) is 11.1. The highest BCUT2D eigenvalue weighted by Gasteiger charge is 2.05. The minimum atomic E-state index is 0.427. The lowest BCUT2D eigenvalue weighted by Gasteiger charge is -2.13. The highest BCUT2D eigenvalue weighted by molar-refractivity contribution is 5.76. The molecule has 0 aliphatic carbocycles. The molecule has 0 saturated carbocycles. The van der Waals surface area contributed by atoms with Crippen LogP contribution in [-0.4, -0.2) is 12.9 Å². The number of carbonyl (C=O) groups is 1. The normalized spacial score (nSPS) is 10.5. The van der Waals surface area contributed by atoms with Crippen LogP contribution in [0.3, 0.4) is 0 Å². The van der Waals surface area contributed by atoms with E-state index >= 15 is 0 Å². The van der Waals surface area contributed by atoms with Gasteiger partial charge in [0, 0.05) is 11.6 Å². The van der Waals surface area contributed by atoms with Crippen molar-refractivity contribution < 1.29 is 14.3 Å². The number of aldehydes is 1. The summed E-state index contributed by atoms with van der Waals surface area (Å²) >= 11 is 0. The number of ether oxygens (including phenoxy) is 2. The van der Waals surface area contributed by atoms with Crippen LogP contribution in [0.4, 0.5) is 0 Å². The molecule has 0 spiro atoms. The van der Waals surface area contributed by atoms with E-state index in [4.69, 9.17) is 9.47 Å². The Morgan fingerprint density at radius 1 is 1.05 bits per heavy atom. The van der Waals surface area contributed by atoms with Gasteiger partial charge in [0.1, 0.15) is 24.4 Å². The average molecular weight is 298 g/mol. The molecule has 2 aromatic carbocycles. The van der Waals surface area contributed by atoms with Gasteiger partial charge in [0.15, 0.2) is 0 Å². The van der Waals surface area contributed by atoms with Crippen LogP contribution < -0.4 is 9.47 Å². The third kappa shape index (κ3) is 4.62. The van der Waals surface area contributed by atoms with Crippen LogP contribution in [0.5, 0.6) is 11.5 Å². The van der Waals surface area contributed by atoms with Crippen molar-refractivity contribution in [1.29, 1.82) is 0 Å². The van der Waals surface area contributed by atoms with E-state index in [-0.39, 0.29) is 0 Å². The molecule has 0 radical (unpaired) electrons. The minimum Gasteiger partial charge on any atom is -0.493 e. The van der Waals surface area contributed by atoms with Gasteiger partial charge in [-0.3, -0.25) is 4.79 Å². The van der Waals surface area contributed by atoms with E-state index in [1.165, 1.54) is 5.56 Å². The molecular formula is C19H22O3. The van der Waals surface area contributed by atoms with Gasteiger partial charge in [-0.05, 0) is 36.1 Å². The second kappa shape index (κ2) is 7.64. The standard InChI is InChI=1S/C19H22O3/c1-14(2)12-21-18-8-16(11-20)9-19(10-18)22-13-17-7-5-4-6-15(17)3/h4-11,14H,12-13H2,1-3H3. The number of carbonyl (C=O) groups excluding carboxylic acids is 1. The number of aryl methyl sites for hydroxylation is 1. The van der Waals surface area contributed by atoms with Crippen molar-refractivity contribution in [2.75, 3.05) is 6.61 Å². The predicted octanol–water partition coefficient (Wildman–Crippen LogP) is 4.42. The molecule has 2 aromatic rings. The maximum Gasteiger partial charge on any atom is 0.150 e. The fourth-order valence-electron chi connectivity index (χ4n) is 2.02. The van der Waals surface area contributed by atoms with Crippen molar-refractivity contribution >= 4 is 6.29 Å². The van der Waals surface area contributed by atoms with Crippen LogP contribution in [0, 0.1) is 12.8 Å². The van der Waals surface area contributed by atoms with Crippen LogP contribution >= 0.6 is 0 Å². The second-order valence-corrected chi connectivity index (χ2v) is 5.78. The summed E-state index contributed by atoms with van der Waals surface area (Å²) in [5.41, 5.74) is 2.87. The third-order valence-electron chi connectivity index (χ3n) is 3.28. The molecule has 0 aliphatic rings. The summed E-state index contributed by atoms with van der Waals surface area (Å²) < 4.78 is 11.5. The van der Waals surface area contributed by atoms with Gasteiger partial charge in [-0.1, -0.05) is 38.1 Å². The van der Waals surface area contributed by atoms with E-state index in [2.05, 4.69) is 26.8 Å². The highest BCUT2D eigenvalue weighted by Crippen LogP contribution is 2.24. The Kier molecular flexibility index (Phi) is 5.59. The zero-order valence-corrected chi connectivity index (χ0v) is 13.3. The van der Waals surface area contributed by atoms with E-state index < -0.39 is 0 Å². The molecule has 0 aromatic heterocycles. The van der Waals surface area contributed by atoms with Gasteiger partial charge in [0.2, 0.25) is 0 Å². The van der Waals surface area contributed by atoms with Gasteiger partial charge in [-0.15, -0.1) is 0 Å². The second-order valence-electron chi connectivity index (χ2n) is 5.78. The molecule has 0 amide bonds. The Hall–Kier alpha value is -2.29. The molecule has 116 valence electrons. The van der Waals surface area contributed by atoms with Crippen molar-refractivity contribution in [3.05, 3.63) is 59.2 Å². The first kappa shape index (κ1) is 16.1. The molecule has 0 N–H and O–H groups in total. The van der Waals surface area contributed by atoms with Gasteiger partial charge < -0.3 is 9.47 Å². The molecule has 22 heavy (non-hydrogen) atoms. The first-order chi connectivity index (χ1) is 10.6. The molecule has 0 unspecified atom stereocenters. The summed E-state index contributed by atoms with van der Waals surface area (Å²) in [5.74, 6) is 1.74. The molecule has 0 bridgehead atoms. The van der Waals surface area contributed by atoms with Crippen LogP contribution in [0.25, 0.3) is 0 Å². The largest absolute Gasteiger partial charge is 0.493 e. The summed E-state index contributed by atoms with van der Waals surface area (Å²) in [6.07, 6.45) is 0.808. The predicted molar refractivity (Wildman–Crippen MR) is 87.7 cm³/mol. The number of hydrogen-bond donors (Lipinski definition) is 0. The lowest BCUT2D eigenvalue weighted by atomic mass is 10.1. The molecule has 3 nitrogen and oxygen atoms in total. The van der Waals surface area contributed by atoms with Crippen molar-refractivity contribution in [2.45, 2.75) is 27.4 Å². The van der Waals surface area contributed by atoms with Crippen LogP contribution in [0.2, 0.25) is 0 Å². The monoisotopic (exact) mass is 298 g/mol. The summed E-state index contributed by atoms with van der Waals surface area (Å²) in [6, 6.07) is 13.4. The summed E-state index contributed by atoms with van der Waals surface area (Å²) in [6.45, 7) is 7.30. The molecule has 0 heterocycles. The van der Waals surface area contributed by atoms with E-state index in [0.717, 1.165) is 11.8 Å². The van der Waals surface area contributed by atoms with E-state index in [1.807, 2.05) is 24.3 Å². The van der Waals surface area contributed by atoms with Crippen LogP contribution in [-0.2, 0) is 6.61 Å². The topological polar surface area (TPSA) is 35.5 Å². The molecule has 3 heteroatoms. The van der Waals surface area contributed by atoms with Crippen LogP contribution in [0.15, 0.2) is 42.5 Å². The van der Waals surface area contributed by atoms with Crippen LogP contribution in [0.1, 0.15) is 35.3 Å². The quantitative estimate of drug-likeness (QED) is 0.710. The van der Waals surface area contributed by atoms with Crippen molar-refractivity contribution in [3.63, 3.8) is 0 Å². The fourth-order valence-corrected chi connectivity index (χ4v) is 2.02. The third-order valence-corrected chi connectivity index (χ3v) is 3.28. The van der Waals surface area contributed by atoms with Crippen molar-refractivity contribution in [2.24, 2.45) is 5.92 Å². The smallest absolute Gasteiger partial charge is 0.150 e. The summed E-state index contributed by atoms with van der Waals surface area (Å²) in [5, 5.41) is 0. The number of hydrogen-bond acceptors (Lipinski definition) is 3. The van der Waals surface area contributed by atoms with Gasteiger partial charge in [0.05, 0.1) is 6.61 Å². The summed E-state index contributed by atoms with van der Waals surface area (Å²) in [7, 11) is 0. The Balaban J connectivity index is 2.11. The Morgan fingerprint density at radius 3 is 2.36 bits per heavy atom. The lowest BCUT2D eigenvalue weighted by Crippen LogP contribution is -2.05. The van der Waals surface area contributed by atoms with Gasteiger partial charge in [0.25, 0.3) is 0 Å². The number of rotatable bonds is 7. The van der Waals surface area contributed by atoms with Gasteiger partial charge in [-0.25, -0.2) is 0 Å². The molecule has 0 saturated heterocycles. The Bertz CT molecular complexity index is 632. The van der Waals surface area contributed by atoms with Gasteiger partial charge in [-0.2, -0.15) is 0 Å². The zero-order chi connectivity index (χ0) is 15.9. The maximum atomic E-state index is 11.1. The van der Waals surface area contributed by atoms with E-state index in [9.17, 15) is 4.79 Å². The number of benzene rings is 2. The first-order valence-corrected chi connectivity index (χ1v) is 7.49. The highest BCUT2D eigenvalue weighted by atomic mass is 16.5. The molecule has 0 atom stereocenters. The zero-order valence-electron chi connectivity index (χ0n) is 13.3. The van der Waals surface area contributed by atoms with Gasteiger partial charge >= 0.3 is 0 Å². The Labute approximate surface area is 131 Å². The molecule has 0 aliphatic heterocycles. The average Bonchev–Trinajstić information content (AvgIpc) is 2.52. The molecule has 0 fully saturated rings. The molecule has 2 rings (SSSR count). The minimum absolute atomic E-state index is 0.427. The maximum absolute atomic E-state index is 11.1. The first-order valence-electron chi connectivity index (χ1n) is 7.49. The van der Waals surface area contributed by atoms with Crippen molar-refractivity contribution in [3.8, 4) is 11.5 Å². The molecular weight excluding hydrogens is 276 g/mol. The fraction of sp³-hybridized carbons (Fsp3) is 0.316. The van der Waals surface area contributed by atoms with Crippen molar-refractivity contribution in [1.82, 2.24) is 0 Å². The SMILES string of the molecule is Cc1ccccc1COc1cc(C=O)cc(OCC(C)C)c1. The lowest BCUT2D eigenvalue weighted by molar-refractivity contribution is 0.112. The van der Waals surface area contributed by atoms with E-state index in [0.29, 0.717) is 36.2 Å². The van der Waals surface area contributed by atoms with E-state index in [1.54, 1.807) is 12.1 Å².